The first-order valence-corrected chi connectivity index (χ1v) is 17.4. The molecule has 0 fully saturated rings. The summed E-state index contributed by atoms with van der Waals surface area (Å²) in [4.78, 5) is 22.7. The Morgan fingerprint density at radius 1 is 0.805 bits per heavy atom. The van der Waals surface area contributed by atoms with Gasteiger partial charge in [-0.1, -0.05) is 102 Å². The van der Waals surface area contributed by atoms with Crippen LogP contribution < -0.4 is 5.32 Å². The van der Waals surface area contributed by atoms with Crippen molar-refractivity contribution in [2.75, 3.05) is 40.9 Å². The van der Waals surface area contributed by atoms with Gasteiger partial charge in [0.2, 0.25) is 5.91 Å². The van der Waals surface area contributed by atoms with E-state index in [0.717, 1.165) is 51.4 Å². The standard InChI is InChI=1S/C32H61N2O6P/c1-6-8-10-12-14-15-16-17-18-20-21-23-25-31(35)30(29-40-41(37,38)39-28-27-34(3,4)5)33-32(36)26-24-22-19-13-11-9-7-2/h12,14,17-18,23,25,30-31,35H,6-11,13,15-16,19-22,24,26-29H2,1-5H3,(H-,33,36,37,38)/p+1/b14-12+,18-17+,25-23+. The third kappa shape index (κ3) is 27.3. The molecular formula is C32H62N2O6P+. The molecule has 3 N–H and O–H groups in total. The monoisotopic (exact) mass is 601 g/mol. The Morgan fingerprint density at radius 3 is 1.93 bits per heavy atom. The van der Waals surface area contributed by atoms with E-state index in [2.05, 4.69) is 43.5 Å². The molecule has 3 unspecified atom stereocenters. The van der Waals surface area contributed by atoms with Crippen molar-refractivity contribution in [2.45, 2.75) is 122 Å². The fraction of sp³-hybridized carbons (Fsp3) is 0.781. The van der Waals surface area contributed by atoms with Crippen LogP contribution in [0.15, 0.2) is 36.5 Å². The number of rotatable bonds is 27. The number of nitrogens with one attached hydrogen (secondary N) is 1. The second-order valence-corrected chi connectivity index (χ2v) is 13.3. The number of carbonyl (C=O) groups excluding carboxylic acids is 1. The molecule has 0 spiro atoms. The smallest absolute Gasteiger partial charge is 0.387 e. The van der Waals surface area contributed by atoms with Crippen molar-refractivity contribution in [3.8, 4) is 0 Å². The van der Waals surface area contributed by atoms with Crippen LogP contribution in [0.4, 0.5) is 0 Å². The van der Waals surface area contributed by atoms with Crippen molar-refractivity contribution >= 4 is 13.7 Å². The minimum atomic E-state index is -4.32. The number of amides is 1. The number of carbonyl (C=O) groups is 1. The van der Waals surface area contributed by atoms with E-state index in [1.165, 1.54) is 38.5 Å². The van der Waals surface area contributed by atoms with Crippen LogP contribution in [0.25, 0.3) is 0 Å². The first kappa shape index (κ1) is 39.7. The minimum Gasteiger partial charge on any atom is -0.387 e. The molecule has 0 saturated carbocycles. The lowest BCUT2D eigenvalue weighted by Crippen LogP contribution is -2.45. The van der Waals surface area contributed by atoms with Gasteiger partial charge in [0, 0.05) is 6.42 Å². The van der Waals surface area contributed by atoms with E-state index < -0.39 is 20.0 Å². The molecule has 0 heterocycles. The zero-order valence-electron chi connectivity index (χ0n) is 26.8. The number of allylic oxidation sites excluding steroid dienone is 5. The summed E-state index contributed by atoms with van der Waals surface area (Å²) < 4.78 is 23.2. The largest absolute Gasteiger partial charge is 0.472 e. The highest BCUT2D eigenvalue weighted by atomic mass is 31.2. The second-order valence-electron chi connectivity index (χ2n) is 11.8. The van der Waals surface area contributed by atoms with Gasteiger partial charge in [0.05, 0.1) is 39.9 Å². The van der Waals surface area contributed by atoms with Gasteiger partial charge in [-0.3, -0.25) is 13.8 Å². The molecule has 0 aliphatic heterocycles. The molecule has 0 aromatic carbocycles. The van der Waals surface area contributed by atoms with Crippen molar-refractivity contribution in [3.05, 3.63) is 36.5 Å². The maximum absolute atomic E-state index is 12.6. The predicted molar refractivity (Wildman–Crippen MR) is 171 cm³/mol. The zero-order valence-corrected chi connectivity index (χ0v) is 27.7. The lowest BCUT2D eigenvalue weighted by Gasteiger charge is -2.25. The number of phosphoric ester groups is 1. The Balaban J connectivity index is 4.75. The third-order valence-corrected chi connectivity index (χ3v) is 7.57. The Morgan fingerprint density at radius 2 is 1.34 bits per heavy atom. The normalized spacial score (nSPS) is 15.6. The maximum Gasteiger partial charge on any atom is 0.472 e. The van der Waals surface area contributed by atoms with Crippen molar-refractivity contribution in [1.82, 2.24) is 5.32 Å². The van der Waals surface area contributed by atoms with Crippen LogP contribution in [0, 0.1) is 0 Å². The van der Waals surface area contributed by atoms with Gasteiger partial charge in [0.25, 0.3) is 0 Å². The molecular weight excluding hydrogens is 539 g/mol. The van der Waals surface area contributed by atoms with Crippen LogP contribution in [-0.4, -0.2) is 73.4 Å². The number of aliphatic hydroxyl groups excluding tert-OH is 1. The number of hydrogen-bond donors (Lipinski definition) is 3. The van der Waals surface area contributed by atoms with Crippen molar-refractivity contribution in [2.24, 2.45) is 0 Å². The van der Waals surface area contributed by atoms with Crippen LogP contribution in [0.2, 0.25) is 0 Å². The van der Waals surface area contributed by atoms with Crippen LogP contribution in [0.1, 0.15) is 110 Å². The molecule has 8 nitrogen and oxygen atoms in total. The summed E-state index contributed by atoms with van der Waals surface area (Å²) in [5.74, 6) is -0.204. The Hall–Kier alpha value is -1.28. The Bertz CT molecular complexity index is 779. The van der Waals surface area contributed by atoms with E-state index in [9.17, 15) is 19.4 Å². The summed E-state index contributed by atoms with van der Waals surface area (Å²) >= 11 is 0. The van der Waals surface area contributed by atoms with Crippen LogP contribution in [-0.2, 0) is 18.4 Å². The molecule has 0 rings (SSSR count). The summed E-state index contributed by atoms with van der Waals surface area (Å²) in [6.07, 6.45) is 26.5. The molecule has 9 heteroatoms. The van der Waals surface area contributed by atoms with Crippen LogP contribution in [0.5, 0.6) is 0 Å². The number of nitrogens with zero attached hydrogens (tertiary/aromatic N) is 1. The van der Waals surface area contributed by atoms with E-state index in [0.29, 0.717) is 17.4 Å². The first-order chi connectivity index (χ1) is 19.5. The molecule has 240 valence electrons. The summed E-state index contributed by atoms with van der Waals surface area (Å²) in [7, 11) is 1.54. The highest BCUT2D eigenvalue weighted by Gasteiger charge is 2.27. The molecule has 0 radical (unpaired) electrons. The molecule has 0 saturated heterocycles. The molecule has 3 atom stereocenters. The van der Waals surface area contributed by atoms with Gasteiger partial charge < -0.3 is 19.8 Å². The van der Waals surface area contributed by atoms with Gasteiger partial charge in [0.1, 0.15) is 13.2 Å². The number of aliphatic hydroxyl groups is 1. The summed E-state index contributed by atoms with van der Waals surface area (Å²) in [6, 6.07) is -0.860. The average Bonchev–Trinajstić information content (AvgIpc) is 2.90. The lowest BCUT2D eigenvalue weighted by molar-refractivity contribution is -0.870. The van der Waals surface area contributed by atoms with Crippen molar-refractivity contribution in [3.63, 3.8) is 0 Å². The molecule has 41 heavy (non-hydrogen) atoms. The fourth-order valence-corrected chi connectivity index (χ4v) is 4.67. The highest BCUT2D eigenvalue weighted by molar-refractivity contribution is 7.47. The molecule has 0 bridgehead atoms. The van der Waals surface area contributed by atoms with E-state index in [1.807, 2.05) is 27.2 Å². The Labute approximate surface area is 251 Å². The molecule has 0 aliphatic carbocycles. The number of hydrogen-bond acceptors (Lipinski definition) is 5. The fourth-order valence-electron chi connectivity index (χ4n) is 3.94. The van der Waals surface area contributed by atoms with Crippen molar-refractivity contribution < 1.29 is 32.9 Å². The number of phosphoric acid groups is 1. The van der Waals surface area contributed by atoms with E-state index >= 15 is 0 Å². The number of quaternary nitrogens is 1. The predicted octanol–water partition coefficient (Wildman–Crippen LogP) is 7.23. The summed E-state index contributed by atoms with van der Waals surface area (Å²) in [5, 5.41) is 13.6. The minimum absolute atomic E-state index is 0.0533. The van der Waals surface area contributed by atoms with Crippen LogP contribution >= 0.6 is 7.82 Å². The molecule has 0 aromatic heterocycles. The second kappa shape index (κ2) is 25.2. The molecule has 0 aliphatic rings. The highest BCUT2D eigenvalue weighted by Crippen LogP contribution is 2.43. The van der Waals surface area contributed by atoms with Gasteiger partial charge in [0.15, 0.2) is 0 Å². The van der Waals surface area contributed by atoms with E-state index in [-0.39, 0.29) is 19.1 Å². The third-order valence-electron chi connectivity index (χ3n) is 6.59. The van der Waals surface area contributed by atoms with E-state index in [4.69, 9.17) is 9.05 Å². The maximum atomic E-state index is 12.6. The van der Waals surface area contributed by atoms with Gasteiger partial charge in [-0.25, -0.2) is 4.57 Å². The van der Waals surface area contributed by atoms with Gasteiger partial charge in [-0.05, 0) is 38.5 Å². The SMILES string of the molecule is CCCC/C=C/CC/C=C/CC/C=C/C(O)C(COP(=O)(O)OCC[N+](C)(C)C)NC(=O)CCCCCCCCC. The average molecular weight is 602 g/mol. The first-order valence-electron chi connectivity index (χ1n) is 15.9. The zero-order chi connectivity index (χ0) is 30.8. The Kier molecular flexibility index (Phi) is 24.5. The van der Waals surface area contributed by atoms with E-state index in [1.54, 1.807) is 6.08 Å². The van der Waals surface area contributed by atoms with Crippen LogP contribution in [0.3, 0.4) is 0 Å². The van der Waals surface area contributed by atoms with Gasteiger partial charge in [-0.15, -0.1) is 0 Å². The summed E-state index contributed by atoms with van der Waals surface area (Å²) in [5.41, 5.74) is 0. The molecule has 0 aromatic rings. The molecule has 1 amide bonds. The number of likely N-dealkylation sites (N-methyl/N-ethyl adjacent to an activating group) is 1. The lowest BCUT2D eigenvalue weighted by atomic mass is 10.1. The topological polar surface area (TPSA) is 105 Å². The van der Waals surface area contributed by atoms with Gasteiger partial charge >= 0.3 is 7.82 Å². The van der Waals surface area contributed by atoms with Crippen molar-refractivity contribution in [1.29, 1.82) is 0 Å². The van der Waals surface area contributed by atoms with Gasteiger partial charge in [-0.2, -0.15) is 0 Å². The quantitative estimate of drug-likeness (QED) is 0.0397. The summed E-state index contributed by atoms with van der Waals surface area (Å²) in [6.45, 7) is 4.63. The number of unbranched alkanes of at least 4 members (excludes halogenated alkanes) is 10.